The minimum atomic E-state index is 0.272. The summed E-state index contributed by atoms with van der Waals surface area (Å²) in [5.41, 5.74) is 9.25. The molecule has 1 unspecified atom stereocenters. The van der Waals surface area contributed by atoms with E-state index in [1.807, 2.05) is 13.1 Å². The van der Waals surface area contributed by atoms with Crippen LogP contribution < -0.4 is 10.5 Å². The van der Waals surface area contributed by atoms with E-state index in [4.69, 9.17) is 10.5 Å². The standard InChI is InChI=1S/C13H22N2O/c1-5-11(14)6-7-12-10(3)13(16-4)9(2)8-15-12/h8,11H,5-7,14H2,1-4H3. The van der Waals surface area contributed by atoms with Crippen LogP contribution in [0.4, 0.5) is 0 Å². The smallest absolute Gasteiger partial charge is 0.128 e. The molecule has 0 aromatic carbocycles. The molecule has 0 aliphatic rings. The Morgan fingerprint density at radius 2 is 2.12 bits per heavy atom. The number of nitrogens with zero attached hydrogens (tertiary/aromatic N) is 1. The van der Waals surface area contributed by atoms with Gasteiger partial charge in [-0.25, -0.2) is 0 Å². The summed E-state index contributed by atoms with van der Waals surface area (Å²) in [6.07, 6.45) is 4.80. The molecule has 1 heterocycles. The molecule has 0 amide bonds. The Hall–Kier alpha value is -1.09. The Kier molecular flexibility index (Phi) is 4.74. The Morgan fingerprint density at radius 1 is 1.44 bits per heavy atom. The zero-order valence-corrected chi connectivity index (χ0v) is 10.7. The predicted molar refractivity (Wildman–Crippen MR) is 66.9 cm³/mol. The number of hydrogen-bond donors (Lipinski definition) is 1. The molecular weight excluding hydrogens is 200 g/mol. The summed E-state index contributed by atoms with van der Waals surface area (Å²) >= 11 is 0. The van der Waals surface area contributed by atoms with Gasteiger partial charge in [-0.05, 0) is 33.1 Å². The number of methoxy groups -OCH3 is 1. The number of pyridine rings is 1. The second-order valence-electron chi connectivity index (χ2n) is 4.25. The highest BCUT2D eigenvalue weighted by Crippen LogP contribution is 2.24. The van der Waals surface area contributed by atoms with E-state index in [0.717, 1.165) is 41.8 Å². The lowest BCUT2D eigenvalue weighted by atomic mass is 10.0. The van der Waals surface area contributed by atoms with Gasteiger partial charge in [0.25, 0.3) is 0 Å². The van der Waals surface area contributed by atoms with Crippen LogP contribution in [-0.2, 0) is 6.42 Å². The van der Waals surface area contributed by atoms with Crippen LogP contribution >= 0.6 is 0 Å². The zero-order chi connectivity index (χ0) is 12.1. The van der Waals surface area contributed by atoms with E-state index in [-0.39, 0.29) is 6.04 Å². The van der Waals surface area contributed by atoms with E-state index < -0.39 is 0 Å². The molecule has 0 saturated carbocycles. The molecule has 1 rings (SSSR count). The molecule has 0 aliphatic carbocycles. The second-order valence-corrected chi connectivity index (χ2v) is 4.25. The Balaban J connectivity index is 2.81. The van der Waals surface area contributed by atoms with Crippen LogP contribution in [-0.4, -0.2) is 18.1 Å². The first-order chi connectivity index (χ1) is 7.60. The van der Waals surface area contributed by atoms with Gasteiger partial charge in [-0.2, -0.15) is 0 Å². The quantitative estimate of drug-likeness (QED) is 0.832. The van der Waals surface area contributed by atoms with Crippen molar-refractivity contribution in [1.82, 2.24) is 4.98 Å². The Morgan fingerprint density at radius 3 is 2.69 bits per heavy atom. The molecule has 0 spiro atoms. The third kappa shape index (κ3) is 2.95. The number of hydrogen-bond acceptors (Lipinski definition) is 3. The van der Waals surface area contributed by atoms with Crippen LogP contribution in [0.25, 0.3) is 0 Å². The first-order valence-electron chi connectivity index (χ1n) is 5.84. The van der Waals surface area contributed by atoms with E-state index in [1.54, 1.807) is 7.11 Å². The zero-order valence-electron chi connectivity index (χ0n) is 10.7. The maximum absolute atomic E-state index is 5.91. The molecule has 0 bridgehead atoms. The number of ether oxygens (including phenoxy) is 1. The molecule has 3 nitrogen and oxygen atoms in total. The van der Waals surface area contributed by atoms with Crippen LogP contribution in [0.3, 0.4) is 0 Å². The highest BCUT2D eigenvalue weighted by Gasteiger charge is 2.10. The molecule has 90 valence electrons. The Labute approximate surface area is 98.0 Å². The fourth-order valence-corrected chi connectivity index (χ4v) is 1.85. The SMILES string of the molecule is CCC(N)CCc1ncc(C)c(OC)c1C. The summed E-state index contributed by atoms with van der Waals surface area (Å²) in [4.78, 5) is 4.46. The molecule has 0 radical (unpaired) electrons. The summed E-state index contributed by atoms with van der Waals surface area (Å²) in [7, 11) is 1.71. The molecule has 16 heavy (non-hydrogen) atoms. The molecule has 1 aromatic rings. The summed E-state index contributed by atoms with van der Waals surface area (Å²) < 4.78 is 5.38. The van der Waals surface area contributed by atoms with Crippen LogP contribution in [0.5, 0.6) is 5.75 Å². The van der Waals surface area contributed by atoms with Gasteiger partial charge in [0.2, 0.25) is 0 Å². The minimum absolute atomic E-state index is 0.272. The molecular formula is C13H22N2O. The third-order valence-corrected chi connectivity index (χ3v) is 3.03. The van der Waals surface area contributed by atoms with E-state index in [2.05, 4.69) is 18.8 Å². The maximum Gasteiger partial charge on any atom is 0.128 e. The van der Waals surface area contributed by atoms with Crippen molar-refractivity contribution in [3.8, 4) is 5.75 Å². The lowest BCUT2D eigenvalue weighted by Gasteiger charge is -2.13. The number of aryl methyl sites for hydroxylation is 2. The number of rotatable bonds is 5. The van der Waals surface area contributed by atoms with Crippen molar-refractivity contribution in [2.24, 2.45) is 5.73 Å². The van der Waals surface area contributed by atoms with E-state index >= 15 is 0 Å². The summed E-state index contributed by atoms with van der Waals surface area (Å²) in [6, 6.07) is 0.272. The largest absolute Gasteiger partial charge is 0.496 e. The van der Waals surface area contributed by atoms with Gasteiger partial charge in [-0.1, -0.05) is 6.92 Å². The lowest BCUT2D eigenvalue weighted by molar-refractivity contribution is 0.406. The van der Waals surface area contributed by atoms with Crippen LogP contribution in [0.2, 0.25) is 0 Å². The van der Waals surface area contributed by atoms with Crippen LogP contribution in [0.15, 0.2) is 6.20 Å². The molecule has 0 saturated heterocycles. The van der Waals surface area contributed by atoms with Gasteiger partial charge in [-0.3, -0.25) is 4.98 Å². The van der Waals surface area contributed by atoms with Crippen molar-refractivity contribution < 1.29 is 4.74 Å². The van der Waals surface area contributed by atoms with E-state index in [1.165, 1.54) is 0 Å². The van der Waals surface area contributed by atoms with Crippen LogP contribution in [0, 0.1) is 13.8 Å². The topological polar surface area (TPSA) is 48.1 Å². The van der Waals surface area contributed by atoms with Crippen molar-refractivity contribution in [3.63, 3.8) is 0 Å². The minimum Gasteiger partial charge on any atom is -0.496 e. The predicted octanol–water partition coefficient (Wildman–Crippen LogP) is 2.38. The van der Waals surface area contributed by atoms with Crippen molar-refractivity contribution >= 4 is 0 Å². The molecule has 2 N–H and O–H groups in total. The fourth-order valence-electron chi connectivity index (χ4n) is 1.85. The molecule has 0 fully saturated rings. The highest BCUT2D eigenvalue weighted by atomic mass is 16.5. The van der Waals surface area contributed by atoms with Gasteiger partial charge in [0.1, 0.15) is 5.75 Å². The van der Waals surface area contributed by atoms with Gasteiger partial charge in [0.05, 0.1) is 7.11 Å². The fraction of sp³-hybridized carbons (Fsp3) is 0.615. The van der Waals surface area contributed by atoms with Crippen molar-refractivity contribution in [3.05, 3.63) is 23.0 Å². The van der Waals surface area contributed by atoms with Crippen molar-refractivity contribution in [2.45, 2.75) is 46.1 Å². The van der Waals surface area contributed by atoms with Gasteiger partial charge in [0, 0.05) is 29.1 Å². The number of nitrogens with two attached hydrogens (primary N) is 1. The monoisotopic (exact) mass is 222 g/mol. The Bertz CT molecular complexity index is 350. The highest BCUT2D eigenvalue weighted by molar-refractivity contribution is 5.41. The summed E-state index contributed by atoms with van der Waals surface area (Å²) in [5, 5.41) is 0. The lowest BCUT2D eigenvalue weighted by Crippen LogP contribution is -2.19. The maximum atomic E-state index is 5.91. The summed E-state index contributed by atoms with van der Waals surface area (Å²) in [6.45, 7) is 6.19. The molecule has 1 aromatic heterocycles. The number of aromatic nitrogens is 1. The summed E-state index contributed by atoms with van der Waals surface area (Å²) in [5.74, 6) is 0.954. The molecule has 0 aliphatic heterocycles. The first-order valence-corrected chi connectivity index (χ1v) is 5.84. The molecule has 3 heteroatoms. The van der Waals surface area contributed by atoms with Gasteiger partial charge < -0.3 is 10.5 Å². The van der Waals surface area contributed by atoms with Crippen molar-refractivity contribution in [1.29, 1.82) is 0 Å². The first kappa shape index (κ1) is 13.0. The normalized spacial score (nSPS) is 12.6. The van der Waals surface area contributed by atoms with Crippen LogP contribution in [0.1, 0.15) is 36.6 Å². The second kappa shape index (κ2) is 5.85. The average molecular weight is 222 g/mol. The average Bonchev–Trinajstić information content (AvgIpc) is 2.28. The van der Waals surface area contributed by atoms with Gasteiger partial charge in [0.15, 0.2) is 0 Å². The van der Waals surface area contributed by atoms with Crippen molar-refractivity contribution in [2.75, 3.05) is 7.11 Å². The van der Waals surface area contributed by atoms with Gasteiger partial charge in [-0.15, -0.1) is 0 Å². The molecule has 1 atom stereocenters. The van der Waals surface area contributed by atoms with E-state index in [9.17, 15) is 0 Å². The van der Waals surface area contributed by atoms with E-state index in [0.29, 0.717) is 0 Å². The van der Waals surface area contributed by atoms with Gasteiger partial charge >= 0.3 is 0 Å². The third-order valence-electron chi connectivity index (χ3n) is 3.03.